The van der Waals surface area contributed by atoms with Crippen molar-refractivity contribution in [3.05, 3.63) is 30.3 Å². The van der Waals surface area contributed by atoms with Crippen molar-refractivity contribution in [2.75, 3.05) is 20.0 Å². The Balaban J connectivity index is 2.84. The van der Waals surface area contributed by atoms with E-state index in [4.69, 9.17) is 20.7 Å². The Morgan fingerprint density at radius 2 is 1.78 bits per heavy atom. The van der Waals surface area contributed by atoms with Crippen molar-refractivity contribution in [3.63, 3.8) is 0 Å². The monoisotopic (exact) mass is 337 g/mol. The van der Waals surface area contributed by atoms with Crippen molar-refractivity contribution in [3.8, 4) is 22.6 Å². The number of nitrogen functional groups attached to an aromatic ring is 1. The summed E-state index contributed by atoms with van der Waals surface area (Å²) in [5.41, 5.74) is 13.9. The van der Waals surface area contributed by atoms with Crippen LogP contribution in [-0.4, -0.2) is 27.2 Å². The van der Waals surface area contributed by atoms with Gasteiger partial charge in [-0.1, -0.05) is 12.1 Å². The van der Waals surface area contributed by atoms with Gasteiger partial charge in [-0.2, -0.15) is 13.5 Å². The number of hydrogen-bond acceptors (Lipinski definition) is 7. The minimum absolute atomic E-state index is 0.208. The summed E-state index contributed by atoms with van der Waals surface area (Å²) in [6.45, 7) is 0. The Morgan fingerprint density at radius 1 is 1.13 bits per heavy atom. The fourth-order valence-electron chi connectivity index (χ4n) is 2.19. The molecule has 8 nitrogen and oxygen atoms in total. The van der Waals surface area contributed by atoms with Gasteiger partial charge >= 0.3 is 0 Å². The Morgan fingerprint density at radius 3 is 2.30 bits per heavy atom. The number of nitrogens with zero attached hydrogens (tertiary/aromatic N) is 1. The Bertz CT molecular complexity index is 865. The van der Waals surface area contributed by atoms with Gasteiger partial charge in [0.15, 0.2) is 0 Å². The third kappa shape index (κ3) is 3.10. The zero-order valence-corrected chi connectivity index (χ0v) is 13.2. The molecule has 23 heavy (non-hydrogen) atoms. The standard InChI is InChI=1S/C14H15N3O5S/c1-21-11-7-10(15)12(22-2)6-9(11)8-4-3-5-13(14(8)17-16)23(18,19)20/h3-7,16H,15H2,1-2H3,(H,18,19,20). The third-order valence-corrected chi connectivity index (χ3v) is 4.12. The minimum Gasteiger partial charge on any atom is -0.496 e. The normalized spacial score (nSPS) is 11.1. The predicted octanol–water partition coefficient (Wildman–Crippen LogP) is 2.86. The van der Waals surface area contributed by atoms with Crippen LogP contribution in [0, 0.1) is 5.53 Å². The molecule has 0 aliphatic rings. The molecule has 2 aromatic rings. The van der Waals surface area contributed by atoms with Gasteiger partial charge in [-0.05, 0) is 12.1 Å². The summed E-state index contributed by atoms with van der Waals surface area (Å²) in [4.78, 5) is -0.470. The summed E-state index contributed by atoms with van der Waals surface area (Å²) in [7, 11) is -1.67. The molecule has 4 N–H and O–H groups in total. The molecule has 0 amide bonds. The lowest BCUT2D eigenvalue weighted by Gasteiger charge is -2.15. The van der Waals surface area contributed by atoms with Crippen molar-refractivity contribution < 1.29 is 22.4 Å². The highest BCUT2D eigenvalue weighted by molar-refractivity contribution is 7.86. The highest BCUT2D eigenvalue weighted by Gasteiger charge is 2.21. The number of ether oxygens (including phenoxy) is 2. The molecular formula is C14H15N3O5S. The van der Waals surface area contributed by atoms with Crippen LogP contribution in [-0.2, 0) is 10.1 Å². The second kappa shape index (κ2) is 6.23. The fraction of sp³-hybridized carbons (Fsp3) is 0.143. The van der Waals surface area contributed by atoms with E-state index in [1.807, 2.05) is 0 Å². The van der Waals surface area contributed by atoms with E-state index in [0.29, 0.717) is 22.7 Å². The van der Waals surface area contributed by atoms with Crippen molar-refractivity contribution in [1.82, 2.24) is 0 Å². The molecule has 0 unspecified atom stereocenters. The van der Waals surface area contributed by atoms with E-state index < -0.39 is 15.0 Å². The molecule has 0 saturated heterocycles. The van der Waals surface area contributed by atoms with Crippen molar-refractivity contribution in [1.29, 1.82) is 5.53 Å². The summed E-state index contributed by atoms with van der Waals surface area (Å²) in [5, 5.41) is 3.25. The van der Waals surface area contributed by atoms with Crippen molar-refractivity contribution >= 4 is 21.5 Å². The number of hydrogen-bond donors (Lipinski definition) is 3. The van der Waals surface area contributed by atoms with E-state index >= 15 is 0 Å². The number of para-hydroxylation sites is 1. The Hall–Kier alpha value is -2.65. The summed E-state index contributed by atoms with van der Waals surface area (Å²) in [6, 6.07) is 7.20. The molecule has 0 aromatic heterocycles. The van der Waals surface area contributed by atoms with Crippen LogP contribution >= 0.6 is 0 Å². The molecule has 2 aromatic carbocycles. The number of anilines is 1. The number of benzene rings is 2. The van der Waals surface area contributed by atoms with Crippen LogP contribution in [0.5, 0.6) is 11.5 Å². The highest BCUT2D eigenvalue weighted by Crippen LogP contribution is 2.43. The van der Waals surface area contributed by atoms with Crippen molar-refractivity contribution in [2.45, 2.75) is 4.90 Å². The lowest BCUT2D eigenvalue weighted by Crippen LogP contribution is -2.00. The maximum atomic E-state index is 11.5. The van der Waals surface area contributed by atoms with Gasteiger partial charge in [0.2, 0.25) is 0 Å². The quantitative estimate of drug-likeness (QED) is 0.436. The third-order valence-electron chi connectivity index (χ3n) is 3.23. The molecule has 0 bridgehead atoms. The molecule has 0 saturated carbocycles. The molecule has 2 rings (SSSR count). The SMILES string of the molecule is COc1cc(-c2cccc(S(=O)(=O)O)c2N=N)c(OC)cc1N. The number of rotatable bonds is 5. The van der Waals surface area contributed by atoms with Gasteiger partial charge in [0, 0.05) is 17.2 Å². The van der Waals surface area contributed by atoms with Gasteiger partial charge in [-0.15, -0.1) is 0 Å². The second-order valence-electron chi connectivity index (χ2n) is 4.53. The van der Waals surface area contributed by atoms with Gasteiger partial charge in [-0.25, -0.2) is 5.53 Å². The molecule has 9 heteroatoms. The molecule has 0 aliphatic heterocycles. The zero-order valence-electron chi connectivity index (χ0n) is 12.4. The fourth-order valence-corrected chi connectivity index (χ4v) is 2.85. The number of nitrogens with one attached hydrogen (secondary N) is 1. The van der Waals surface area contributed by atoms with E-state index in [1.54, 1.807) is 12.1 Å². The summed E-state index contributed by atoms with van der Waals surface area (Å²) >= 11 is 0. The first-order valence-electron chi connectivity index (χ1n) is 6.33. The number of methoxy groups -OCH3 is 2. The molecule has 0 fully saturated rings. The minimum atomic E-state index is -4.53. The lowest BCUT2D eigenvalue weighted by molar-refractivity contribution is 0.406. The van der Waals surface area contributed by atoms with Gasteiger partial charge in [0.05, 0.1) is 19.9 Å². The Labute approximate surface area is 133 Å². The van der Waals surface area contributed by atoms with Crippen LogP contribution in [0.3, 0.4) is 0 Å². The summed E-state index contributed by atoms with van der Waals surface area (Å²) in [5.74, 6) is 0.703. The van der Waals surface area contributed by atoms with Crippen LogP contribution in [0.2, 0.25) is 0 Å². The maximum absolute atomic E-state index is 11.5. The van der Waals surface area contributed by atoms with Gasteiger partial charge in [-0.3, -0.25) is 4.55 Å². The molecule has 0 atom stereocenters. The molecule has 0 spiro atoms. The zero-order chi connectivity index (χ0) is 17.2. The lowest BCUT2D eigenvalue weighted by atomic mass is 10.0. The van der Waals surface area contributed by atoms with Gasteiger partial charge < -0.3 is 15.2 Å². The van der Waals surface area contributed by atoms with E-state index in [9.17, 15) is 13.0 Å². The largest absolute Gasteiger partial charge is 0.496 e. The Kier molecular flexibility index (Phi) is 4.52. The predicted molar refractivity (Wildman–Crippen MR) is 84.0 cm³/mol. The number of nitrogens with two attached hydrogens (primary N) is 1. The van der Waals surface area contributed by atoms with Crippen LogP contribution in [0.25, 0.3) is 11.1 Å². The average Bonchev–Trinajstić information content (AvgIpc) is 2.52. The molecule has 0 radical (unpaired) electrons. The highest BCUT2D eigenvalue weighted by atomic mass is 32.2. The van der Waals surface area contributed by atoms with E-state index in [1.165, 1.54) is 26.4 Å². The molecule has 0 aliphatic carbocycles. The average molecular weight is 337 g/mol. The molecule has 122 valence electrons. The first-order chi connectivity index (χ1) is 10.8. The van der Waals surface area contributed by atoms with Crippen LogP contribution < -0.4 is 15.2 Å². The second-order valence-corrected chi connectivity index (χ2v) is 5.92. The first-order valence-corrected chi connectivity index (χ1v) is 7.77. The smallest absolute Gasteiger partial charge is 0.296 e. The van der Waals surface area contributed by atoms with Gasteiger partial charge in [0.1, 0.15) is 22.1 Å². The van der Waals surface area contributed by atoms with Crippen LogP contribution in [0.15, 0.2) is 40.3 Å². The molecular weight excluding hydrogens is 322 g/mol. The summed E-state index contributed by atoms with van der Waals surface area (Å²) < 4.78 is 42.6. The first kappa shape index (κ1) is 16.7. The van der Waals surface area contributed by atoms with E-state index in [2.05, 4.69) is 5.11 Å². The molecule has 0 heterocycles. The van der Waals surface area contributed by atoms with Crippen LogP contribution in [0.4, 0.5) is 11.4 Å². The van der Waals surface area contributed by atoms with E-state index in [0.717, 1.165) is 6.07 Å². The topological polar surface area (TPSA) is 135 Å². The van der Waals surface area contributed by atoms with Crippen molar-refractivity contribution in [2.24, 2.45) is 5.11 Å². The maximum Gasteiger partial charge on any atom is 0.296 e. The summed E-state index contributed by atoms with van der Waals surface area (Å²) in [6.07, 6.45) is 0. The van der Waals surface area contributed by atoms with Crippen LogP contribution in [0.1, 0.15) is 0 Å². The van der Waals surface area contributed by atoms with Gasteiger partial charge in [0.25, 0.3) is 10.1 Å². The van der Waals surface area contributed by atoms with E-state index in [-0.39, 0.29) is 11.3 Å².